The minimum absolute atomic E-state index is 0.269. The summed E-state index contributed by atoms with van der Waals surface area (Å²) in [6, 6.07) is 18.2. The van der Waals surface area contributed by atoms with Crippen LogP contribution < -0.4 is 10.5 Å². The lowest BCUT2D eigenvalue weighted by Crippen LogP contribution is -2.05. The van der Waals surface area contributed by atoms with Crippen molar-refractivity contribution in [3.05, 3.63) is 60.2 Å². The molecule has 1 fully saturated rings. The number of nitrogens with two attached hydrogens (primary N) is 1. The first-order valence-electron chi connectivity index (χ1n) is 7.16. The zero-order valence-corrected chi connectivity index (χ0v) is 12.0. The third-order valence-corrected chi connectivity index (χ3v) is 4.53. The van der Waals surface area contributed by atoms with Crippen LogP contribution in [0.1, 0.15) is 25.3 Å². The molecule has 0 bridgehead atoms. The number of hydrogen-bond donors (Lipinski definition) is 1. The Morgan fingerprint density at radius 3 is 2.30 bits per heavy atom. The summed E-state index contributed by atoms with van der Waals surface area (Å²) in [6.07, 6.45) is 0. The minimum atomic E-state index is 0.269. The number of ether oxygens (including phenoxy) is 1. The highest BCUT2D eigenvalue weighted by molar-refractivity contribution is 5.45. The topological polar surface area (TPSA) is 35.2 Å². The SMILES string of the molecule is CC1(C)C(CN)C1c1ccccc1Oc1ccccc1. The average molecular weight is 267 g/mol. The van der Waals surface area contributed by atoms with Crippen LogP contribution in [0.4, 0.5) is 0 Å². The van der Waals surface area contributed by atoms with Crippen LogP contribution in [-0.2, 0) is 0 Å². The molecule has 2 atom stereocenters. The first-order chi connectivity index (χ1) is 9.64. The highest BCUT2D eigenvalue weighted by Crippen LogP contribution is 2.65. The average Bonchev–Trinajstić information content (AvgIpc) is 3.02. The van der Waals surface area contributed by atoms with Gasteiger partial charge in [0.1, 0.15) is 11.5 Å². The van der Waals surface area contributed by atoms with Crippen LogP contribution in [0, 0.1) is 11.3 Å². The Bertz CT molecular complexity index is 591. The minimum Gasteiger partial charge on any atom is -0.457 e. The normalized spacial score (nSPS) is 23.4. The number of rotatable bonds is 4. The van der Waals surface area contributed by atoms with Crippen molar-refractivity contribution < 1.29 is 4.74 Å². The molecule has 1 aliphatic rings. The predicted molar refractivity (Wildman–Crippen MR) is 82.0 cm³/mol. The van der Waals surface area contributed by atoms with Gasteiger partial charge in [-0.05, 0) is 47.6 Å². The maximum absolute atomic E-state index is 6.06. The van der Waals surface area contributed by atoms with Gasteiger partial charge in [0.15, 0.2) is 0 Å². The quantitative estimate of drug-likeness (QED) is 0.902. The molecule has 2 heteroatoms. The fourth-order valence-corrected chi connectivity index (χ4v) is 3.25. The summed E-state index contributed by atoms with van der Waals surface area (Å²) in [4.78, 5) is 0. The van der Waals surface area contributed by atoms with Crippen molar-refractivity contribution in [1.29, 1.82) is 0 Å². The van der Waals surface area contributed by atoms with E-state index in [0.29, 0.717) is 11.8 Å². The largest absolute Gasteiger partial charge is 0.457 e. The standard InChI is InChI=1S/C18H21NO/c1-18(2)15(12-19)17(18)14-10-6-7-11-16(14)20-13-8-4-3-5-9-13/h3-11,15,17H,12,19H2,1-2H3. The van der Waals surface area contributed by atoms with Gasteiger partial charge < -0.3 is 10.5 Å². The van der Waals surface area contributed by atoms with Gasteiger partial charge in [-0.2, -0.15) is 0 Å². The van der Waals surface area contributed by atoms with Gasteiger partial charge in [-0.25, -0.2) is 0 Å². The van der Waals surface area contributed by atoms with Crippen molar-refractivity contribution in [3.63, 3.8) is 0 Å². The fourth-order valence-electron chi connectivity index (χ4n) is 3.25. The second-order valence-corrected chi connectivity index (χ2v) is 6.09. The number of para-hydroxylation sites is 2. The van der Waals surface area contributed by atoms with Crippen molar-refractivity contribution >= 4 is 0 Å². The summed E-state index contributed by atoms with van der Waals surface area (Å²) >= 11 is 0. The molecule has 2 aromatic rings. The first kappa shape index (κ1) is 13.2. The lowest BCUT2D eigenvalue weighted by Gasteiger charge is -2.12. The molecule has 0 aliphatic heterocycles. The summed E-state index contributed by atoms with van der Waals surface area (Å²) in [5.41, 5.74) is 7.44. The molecule has 0 amide bonds. The molecule has 1 saturated carbocycles. The van der Waals surface area contributed by atoms with Gasteiger partial charge in [0.2, 0.25) is 0 Å². The maximum atomic E-state index is 6.06. The molecule has 1 aliphatic carbocycles. The van der Waals surface area contributed by atoms with Crippen molar-refractivity contribution in [1.82, 2.24) is 0 Å². The number of hydrogen-bond acceptors (Lipinski definition) is 2. The Labute approximate surface area is 120 Å². The van der Waals surface area contributed by atoms with Crippen LogP contribution in [0.25, 0.3) is 0 Å². The molecular weight excluding hydrogens is 246 g/mol. The second kappa shape index (κ2) is 4.95. The molecular formula is C18H21NO. The van der Waals surface area contributed by atoms with Crippen LogP contribution in [0.3, 0.4) is 0 Å². The molecule has 0 spiro atoms. The first-order valence-corrected chi connectivity index (χ1v) is 7.16. The van der Waals surface area contributed by atoms with Crippen molar-refractivity contribution in [2.24, 2.45) is 17.1 Å². The van der Waals surface area contributed by atoms with E-state index >= 15 is 0 Å². The summed E-state index contributed by atoms with van der Waals surface area (Å²) < 4.78 is 6.06. The molecule has 2 aromatic carbocycles. The number of benzene rings is 2. The molecule has 0 radical (unpaired) electrons. The molecule has 2 unspecified atom stereocenters. The van der Waals surface area contributed by atoms with Crippen molar-refractivity contribution in [2.45, 2.75) is 19.8 Å². The van der Waals surface area contributed by atoms with Gasteiger partial charge in [0, 0.05) is 0 Å². The van der Waals surface area contributed by atoms with Gasteiger partial charge in [-0.15, -0.1) is 0 Å². The molecule has 0 aromatic heterocycles. The highest BCUT2D eigenvalue weighted by Gasteiger charge is 2.58. The summed E-state index contributed by atoms with van der Waals surface area (Å²) in [5.74, 6) is 2.87. The summed E-state index contributed by atoms with van der Waals surface area (Å²) in [5, 5.41) is 0. The van der Waals surface area contributed by atoms with Crippen LogP contribution in [0.2, 0.25) is 0 Å². The maximum Gasteiger partial charge on any atom is 0.130 e. The molecule has 0 saturated heterocycles. The van der Waals surface area contributed by atoms with E-state index in [2.05, 4.69) is 26.0 Å². The highest BCUT2D eigenvalue weighted by atomic mass is 16.5. The predicted octanol–water partition coefficient (Wildman–Crippen LogP) is 4.18. The molecule has 20 heavy (non-hydrogen) atoms. The zero-order valence-electron chi connectivity index (χ0n) is 12.0. The van der Waals surface area contributed by atoms with Crippen LogP contribution in [0.15, 0.2) is 54.6 Å². The van der Waals surface area contributed by atoms with Gasteiger partial charge in [-0.1, -0.05) is 50.2 Å². The second-order valence-electron chi connectivity index (χ2n) is 6.09. The third kappa shape index (κ3) is 2.20. The van der Waals surface area contributed by atoms with E-state index in [9.17, 15) is 0 Å². The Hall–Kier alpha value is -1.80. The van der Waals surface area contributed by atoms with Crippen LogP contribution >= 0.6 is 0 Å². The van der Waals surface area contributed by atoms with E-state index in [4.69, 9.17) is 10.5 Å². The molecule has 3 rings (SSSR count). The van der Waals surface area contributed by atoms with E-state index in [1.54, 1.807) is 0 Å². The van der Waals surface area contributed by atoms with E-state index in [1.807, 2.05) is 42.5 Å². The summed E-state index contributed by atoms with van der Waals surface area (Å²) in [6.45, 7) is 5.31. The van der Waals surface area contributed by atoms with E-state index < -0.39 is 0 Å². The van der Waals surface area contributed by atoms with Gasteiger partial charge in [0.25, 0.3) is 0 Å². The summed E-state index contributed by atoms with van der Waals surface area (Å²) in [7, 11) is 0. The Balaban J connectivity index is 1.90. The van der Waals surface area contributed by atoms with Gasteiger partial charge in [-0.3, -0.25) is 0 Å². The molecule has 0 heterocycles. The monoisotopic (exact) mass is 267 g/mol. The van der Waals surface area contributed by atoms with E-state index in [-0.39, 0.29) is 5.41 Å². The zero-order chi connectivity index (χ0) is 14.2. The fraction of sp³-hybridized carbons (Fsp3) is 0.333. The Kier molecular flexibility index (Phi) is 3.27. The smallest absolute Gasteiger partial charge is 0.130 e. The van der Waals surface area contributed by atoms with Crippen LogP contribution in [-0.4, -0.2) is 6.54 Å². The van der Waals surface area contributed by atoms with Crippen molar-refractivity contribution in [3.8, 4) is 11.5 Å². The Morgan fingerprint density at radius 2 is 1.65 bits per heavy atom. The lowest BCUT2D eigenvalue weighted by molar-refractivity contribution is 0.472. The van der Waals surface area contributed by atoms with E-state index in [0.717, 1.165) is 18.0 Å². The van der Waals surface area contributed by atoms with Crippen LogP contribution in [0.5, 0.6) is 11.5 Å². The van der Waals surface area contributed by atoms with Gasteiger partial charge in [0.05, 0.1) is 0 Å². The van der Waals surface area contributed by atoms with Gasteiger partial charge >= 0.3 is 0 Å². The molecule has 2 N–H and O–H groups in total. The molecule has 104 valence electrons. The third-order valence-electron chi connectivity index (χ3n) is 4.53. The van der Waals surface area contributed by atoms with Crippen molar-refractivity contribution in [2.75, 3.05) is 6.54 Å². The Morgan fingerprint density at radius 1 is 1.00 bits per heavy atom. The molecule has 2 nitrogen and oxygen atoms in total. The lowest BCUT2D eigenvalue weighted by atomic mass is 10.0. The van der Waals surface area contributed by atoms with E-state index in [1.165, 1.54) is 5.56 Å².